The standard InChI is InChI=1S/C21H26O2/c1-4-5-17-8-13-20(14-9-17)23-21(22)15-10-18-6-11-19(12-7-18)16(2)3/h6-9,11-14,16H,4-5,10,15H2,1-3H3. The average Bonchev–Trinajstić information content (AvgIpc) is 2.55. The van der Waals surface area contributed by atoms with Gasteiger partial charge in [-0.2, -0.15) is 0 Å². The number of carbonyl (C=O) groups is 1. The number of ether oxygens (including phenoxy) is 1. The van der Waals surface area contributed by atoms with Crippen LogP contribution < -0.4 is 4.74 Å². The van der Waals surface area contributed by atoms with Crippen LogP contribution in [0.5, 0.6) is 5.75 Å². The maximum absolute atomic E-state index is 11.9. The summed E-state index contributed by atoms with van der Waals surface area (Å²) in [5.41, 5.74) is 3.77. The predicted molar refractivity (Wildman–Crippen MR) is 94.9 cm³/mol. The van der Waals surface area contributed by atoms with Crippen molar-refractivity contribution in [1.29, 1.82) is 0 Å². The first-order valence-corrected chi connectivity index (χ1v) is 8.47. The Balaban J connectivity index is 1.82. The van der Waals surface area contributed by atoms with E-state index in [1.807, 2.05) is 24.3 Å². The van der Waals surface area contributed by atoms with Crippen LogP contribution in [0.3, 0.4) is 0 Å². The lowest BCUT2D eigenvalue weighted by atomic mass is 10.0. The van der Waals surface area contributed by atoms with E-state index in [9.17, 15) is 4.79 Å². The molecular weight excluding hydrogens is 284 g/mol. The highest BCUT2D eigenvalue weighted by atomic mass is 16.5. The number of benzene rings is 2. The number of aryl methyl sites for hydroxylation is 2. The van der Waals surface area contributed by atoms with Gasteiger partial charge in [0.05, 0.1) is 0 Å². The Labute approximate surface area is 139 Å². The SMILES string of the molecule is CCCc1ccc(OC(=O)CCc2ccc(C(C)C)cc2)cc1. The first kappa shape index (κ1) is 17.3. The van der Waals surface area contributed by atoms with Crippen molar-refractivity contribution < 1.29 is 9.53 Å². The third-order valence-corrected chi connectivity index (χ3v) is 3.96. The van der Waals surface area contributed by atoms with E-state index >= 15 is 0 Å². The zero-order chi connectivity index (χ0) is 16.7. The fraction of sp³-hybridized carbons (Fsp3) is 0.381. The van der Waals surface area contributed by atoms with Crippen molar-refractivity contribution in [2.75, 3.05) is 0 Å². The van der Waals surface area contributed by atoms with Crippen LogP contribution in [0.15, 0.2) is 48.5 Å². The molecule has 2 aromatic rings. The molecule has 0 aromatic heterocycles. The summed E-state index contributed by atoms with van der Waals surface area (Å²) in [5, 5.41) is 0. The minimum absolute atomic E-state index is 0.179. The lowest BCUT2D eigenvalue weighted by molar-refractivity contribution is -0.134. The molecule has 0 aliphatic carbocycles. The van der Waals surface area contributed by atoms with E-state index in [0.717, 1.165) is 12.8 Å². The molecule has 0 radical (unpaired) electrons. The van der Waals surface area contributed by atoms with Gasteiger partial charge in [0.1, 0.15) is 5.75 Å². The number of esters is 1. The van der Waals surface area contributed by atoms with Crippen LogP contribution in [-0.2, 0) is 17.6 Å². The van der Waals surface area contributed by atoms with E-state index in [-0.39, 0.29) is 5.97 Å². The predicted octanol–water partition coefficient (Wildman–Crippen LogP) is 5.30. The highest BCUT2D eigenvalue weighted by molar-refractivity contribution is 5.72. The summed E-state index contributed by atoms with van der Waals surface area (Å²) < 4.78 is 5.39. The maximum Gasteiger partial charge on any atom is 0.311 e. The minimum Gasteiger partial charge on any atom is -0.427 e. The second-order valence-electron chi connectivity index (χ2n) is 6.26. The molecule has 0 N–H and O–H groups in total. The van der Waals surface area contributed by atoms with Gasteiger partial charge in [-0.1, -0.05) is 63.6 Å². The van der Waals surface area contributed by atoms with Gasteiger partial charge in [-0.05, 0) is 47.6 Å². The molecule has 2 aromatic carbocycles. The zero-order valence-corrected chi connectivity index (χ0v) is 14.3. The van der Waals surface area contributed by atoms with Gasteiger partial charge >= 0.3 is 5.97 Å². The highest BCUT2D eigenvalue weighted by Gasteiger charge is 2.06. The van der Waals surface area contributed by atoms with Crippen LogP contribution in [0.1, 0.15) is 56.2 Å². The third-order valence-electron chi connectivity index (χ3n) is 3.96. The third kappa shape index (κ3) is 5.55. The van der Waals surface area contributed by atoms with E-state index in [1.165, 1.54) is 16.7 Å². The second kappa shape index (κ2) is 8.52. The van der Waals surface area contributed by atoms with Crippen LogP contribution in [0.25, 0.3) is 0 Å². The lowest BCUT2D eigenvalue weighted by Crippen LogP contribution is -2.09. The molecule has 0 atom stereocenters. The minimum atomic E-state index is -0.179. The Morgan fingerprint density at radius 2 is 1.48 bits per heavy atom. The molecule has 0 bridgehead atoms. The van der Waals surface area contributed by atoms with Gasteiger partial charge in [-0.25, -0.2) is 0 Å². The summed E-state index contributed by atoms with van der Waals surface area (Å²) >= 11 is 0. The molecule has 2 nitrogen and oxygen atoms in total. The van der Waals surface area contributed by atoms with E-state index in [1.54, 1.807) is 0 Å². The molecule has 2 heteroatoms. The summed E-state index contributed by atoms with van der Waals surface area (Å²) in [4.78, 5) is 11.9. The fourth-order valence-electron chi connectivity index (χ4n) is 2.51. The van der Waals surface area contributed by atoms with Gasteiger partial charge in [0.25, 0.3) is 0 Å². The smallest absolute Gasteiger partial charge is 0.311 e. The number of carbonyl (C=O) groups excluding carboxylic acids is 1. The largest absolute Gasteiger partial charge is 0.427 e. The first-order valence-electron chi connectivity index (χ1n) is 8.47. The molecule has 0 saturated carbocycles. The topological polar surface area (TPSA) is 26.3 Å². The first-order chi connectivity index (χ1) is 11.1. The van der Waals surface area contributed by atoms with Crippen molar-refractivity contribution in [2.45, 2.75) is 52.4 Å². The monoisotopic (exact) mass is 310 g/mol. The molecule has 122 valence electrons. The van der Waals surface area contributed by atoms with Gasteiger partial charge in [-0.3, -0.25) is 4.79 Å². The van der Waals surface area contributed by atoms with Crippen LogP contribution in [0.2, 0.25) is 0 Å². The molecule has 23 heavy (non-hydrogen) atoms. The van der Waals surface area contributed by atoms with Crippen molar-refractivity contribution in [2.24, 2.45) is 0 Å². The molecular formula is C21H26O2. The van der Waals surface area contributed by atoms with Crippen molar-refractivity contribution in [1.82, 2.24) is 0 Å². The molecule has 0 unspecified atom stereocenters. The van der Waals surface area contributed by atoms with Crippen molar-refractivity contribution in [3.05, 3.63) is 65.2 Å². The summed E-state index contributed by atoms with van der Waals surface area (Å²) in [6, 6.07) is 16.3. The van der Waals surface area contributed by atoms with E-state index in [4.69, 9.17) is 4.74 Å². The van der Waals surface area contributed by atoms with Crippen molar-refractivity contribution in [3.63, 3.8) is 0 Å². The van der Waals surface area contributed by atoms with Crippen LogP contribution >= 0.6 is 0 Å². The average molecular weight is 310 g/mol. The Morgan fingerprint density at radius 3 is 2.04 bits per heavy atom. The van der Waals surface area contributed by atoms with Gasteiger partial charge in [0.15, 0.2) is 0 Å². The normalized spacial score (nSPS) is 10.8. The summed E-state index contributed by atoms with van der Waals surface area (Å²) in [6.45, 7) is 6.51. The van der Waals surface area contributed by atoms with Gasteiger partial charge < -0.3 is 4.74 Å². The van der Waals surface area contributed by atoms with Gasteiger partial charge in [-0.15, -0.1) is 0 Å². The Hall–Kier alpha value is -2.09. The maximum atomic E-state index is 11.9. The van der Waals surface area contributed by atoms with Crippen molar-refractivity contribution in [3.8, 4) is 5.75 Å². The Morgan fingerprint density at radius 1 is 0.913 bits per heavy atom. The molecule has 2 rings (SSSR count). The molecule has 0 fully saturated rings. The molecule has 0 aliphatic heterocycles. The molecule has 0 amide bonds. The second-order valence-corrected chi connectivity index (χ2v) is 6.26. The number of rotatable bonds is 7. The van der Waals surface area contributed by atoms with E-state index in [2.05, 4.69) is 45.0 Å². The molecule has 0 aliphatic rings. The molecule has 0 heterocycles. The molecule has 0 spiro atoms. The highest BCUT2D eigenvalue weighted by Crippen LogP contribution is 2.17. The summed E-state index contributed by atoms with van der Waals surface area (Å²) in [5.74, 6) is 0.982. The number of hydrogen-bond donors (Lipinski definition) is 0. The van der Waals surface area contributed by atoms with Gasteiger partial charge in [0.2, 0.25) is 0 Å². The quantitative estimate of drug-likeness (QED) is 0.512. The zero-order valence-electron chi connectivity index (χ0n) is 14.3. The Kier molecular flexibility index (Phi) is 6.40. The fourth-order valence-corrected chi connectivity index (χ4v) is 2.51. The van der Waals surface area contributed by atoms with Crippen LogP contribution in [0.4, 0.5) is 0 Å². The lowest BCUT2D eigenvalue weighted by Gasteiger charge is -2.08. The van der Waals surface area contributed by atoms with Gasteiger partial charge in [0, 0.05) is 6.42 Å². The molecule has 0 saturated heterocycles. The summed E-state index contributed by atoms with van der Waals surface area (Å²) in [6.07, 6.45) is 3.29. The van der Waals surface area contributed by atoms with Crippen LogP contribution in [0, 0.1) is 0 Å². The van der Waals surface area contributed by atoms with Crippen molar-refractivity contribution >= 4 is 5.97 Å². The Bertz CT molecular complexity index is 609. The van der Waals surface area contributed by atoms with Crippen LogP contribution in [-0.4, -0.2) is 5.97 Å². The number of hydrogen-bond acceptors (Lipinski definition) is 2. The van der Waals surface area contributed by atoms with E-state index < -0.39 is 0 Å². The van der Waals surface area contributed by atoms with E-state index in [0.29, 0.717) is 24.5 Å². The summed E-state index contributed by atoms with van der Waals surface area (Å²) in [7, 11) is 0.